The summed E-state index contributed by atoms with van der Waals surface area (Å²) in [6.45, 7) is 2.04. The molecule has 2 nitrogen and oxygen atoms in total. The number of benzene rings is 1. The lowest BCUT2D eigenvalue weighted by atomic mass is 9.92. The van der Waals surface area contributed by atoms with Crippen molar-refractivity contribution in [1.29, 1.82) is 0 Å². The molecule has 21 heavy (non-hydrogen) atoms. The third-order valence-electron chi connectivity index (χ3n) is 4.32. The molecule has 0 aliphatic heterocycles. The molecule has 0 atom stereocenters. The first-order valence-electron chi connectivity index (χ1n) is 7.61. The van der Waals surface area contributed by atoms with Crippen LogP contribution in [0.15, 0.2) is 24.3 Å². The standard InChI is InChI=1S/C17H21FN2S/c1-12-15(13-7-6-8-14(18)11-13)20-16(21-12)17(19)9-4-2-3-5-10-17/h6-8,11H,2-5,9-10,19H2,1H3. The van der Waals surface area contributed by atoms with Crippen molar-refractivity contribution >= 4 is 11.3 Å². The summed E-state index contributed by atoms with van der Waals surface area (Å²) in [7, 11) is 0. The minimum atomic E-state index is -0.294. The highest BCUT2D eigenvalue weighted by Crippen LogP contribution is 2.39. The third kappa shape index (κ3) is 3.01. The van der Waals surface area contributed by atoms with E-state index in [1.54, 1.807) is 23.5 Å². The SMILES string of the molecule is Cc1sc(C2(N)CCCCCC2)nc1-c1cccc(F)c1. The third-order valence-corrected chi connectivity index (χ3v) is 5.51. The van der Waals surface area contributed by atoms with Crippen LogP contribution >= 0.6 is 11.3 Å². The minimum Gasteiger partial charge on any atom is -0.319 e. The second-order valence-corrected chi connectivity index (χ2v) is 7.21. The number of thiazole rings is 1. The summed E-state index contributed by atoms with van der Waals surface area (Å²) in [6, 6.07) is 6.64. The van der Waals surface area contributed by atoms with Crippen LogP contribution in [-0.2, 0) is 5.54 Å². The van der Waals surface area contributed by atoms with E-state index in [4.69, 9.17) is 10.7 Å². The van der Waals surface area contributed by atoms with Crippen LogP contribution in [0.1, 0.15) is 48.4 Å². The van der Waals surface area contributed by atoms with Crippen molar-refractivity contribution in [2.24, 2.45) is 5.73 Å². The summed E-state index contributed by atoms with van der Waals surface area (Å²) in [6.07, 6.45) is 6.88. The van der Waals surface area contributed by atoms with E-state index in [2.05, 4.69) is 0 Å². The lowest BCUT2D eigenvalue weighted by molar-refractivity contribution is 0.384. The van der Waals surface area contributed by atoms with Crippen LogP contribution < -0.4 is 5.73 Å². The molecule has 0 radical (unpaired) electrons. The van der Waals surface area contributed by atoms with Crippen LogP contribution in [-0.4, -0.2) is 4.98 Å². The zero-order chi connectivity index (χ0) is 14.9. The maximum atomic E-state index is 13.4. The number of hydrogen-bond acceptors (Lipinski definition) is 3. The molecule has 1 heterocycles. The maximum Gasteiger partial charge on any atom is 0.123 e. The number of nitrogens with two attached hydrogens (primary N) is 1. The molecule has 3 rings (SSSR count). The van der Waals surface area contributed by atoms with E-state index in [0.29, 0.717) is 0 Å². The Morgan fingerprint density at radius 2 is 1.90 bits per heavy atom. The van der Waals surface area contributed by atoms with Crippen LogP contribution in [0.4, 0.5) is 4.39 Å². The zero-order valence-corrected chi connectivity index (χ0v) is 13.2. The van der Waals surface area contributed by atoms with E-state index < -0.39 is 0 Å². The van der Waals surface area contributed by atoms with Gasteiger partial charge in [-0.3, -0.25) is 0 Å². The highest BCUT2D eigenvalue weighted by Gasteiger charge is 2.32. The van der Waals surface area contributed by atoms with Crippen molar-refractivity contribution in [2.45, 2.75) is 51.0 Å². The lowest BCUT2D eigenvalue weighted by Gasteiger charge is -2.25. The van der Waals surface area contributed by atoms with Crippen LogP contribution in [0.3, 0.4) is 0 Å². The Morgan fingerprint density at radius 3 is 2.57 bits per heavy atom. The van der Waals surface area contributed by atoms with Crippen molar-refractivity contribution in [3.8, 4) is 11.3 Å². The Labute approximate surface area is 129 Å². The van der Waals surface area contributed by atoms with Gasteiger partial charge in [-0.1, -0.05) is 37.8 Å². The van der Waals surface area contributed by atoms with Gasteiger partial charge in [0.25, 0.3) is 0 Å². The highest BCUT2D eigenvalue weighted by atomic mass is 32.1. The first-order chi connectivity index (χ1) is 10.1. The topological polar surface area (TPSA) is 38.9 Å². The molecule has 1 aliphatic rings. The van der Waals surface area contributed by atoms with Gasteiger partial charge in [0, 0.05) is 10.4 Å². The van der Waals surface area contributed by atoms with Gasteiger partial charge in [-0.25, -0.2) is 9.37 Å². The molecule has 2 N–H and O–H groups in total. The number of hydrogen-bond donors (Lipinski definition) is 1. The molecule has 1 aliphatic carbocycles. The molecule has 0 amide bonds. The Balaban J connectivity index is 1.97. The minimum absolute atomic E-state index is 0.224. The second-order valence-electron chi connectivity index (χ2n) is 6.00. The molecule has 1 fully saturated rings. The lowest BCUT2D eigenvalue weighted by Crippen LogP contribution is -2.35. The number of aromatic nitrogens is 1. The summed E-state index contributed by atoms with van der Waals surface area (Å²) in [4.78, 5) is 5.90. The first-order valence-corrected chi connectivity index (χ1v) is 8.43. The molecule has 1 aromatic carbocycles. The van der Waals surface area contributed by atoms with Gasteiger partial charge in [-0.15, -0.1) is 11.3 Å². The smallest absolute Gasteiger partial charge is 0.123 e. The quantitative estimate of drug-likeness (QED) is 0.812. The Kier molecular flexibility index (Phi) is 4.09. The fourth-order valence-electron chi connectivity index (χ4n) is 3.09. The molecular weight excluding hydrogens is 283 g/mol. The Bertz CT molecular complexity index is 627. The van der Waals surface area contributed by atoms with Crippen molar-refractivity contribution in [1.82, 2.24) is 4.98 Å². The van der Waals surface area contributed by atoms with Gasteiger partial charge in [0.05, 0.1) is 11.2 Å². The molecule has 0 spiro atoms. The second kappa shape index (κ2) is 5.85. The molecule has 1 aromatic heterocycles. The fourth-order valence-corrected chi connectivity index (χ4v) is 4.18. The van der Waals surface area contributed by atoms with Gasteiger partial charge in [-0.05, 0) is 31.9 Å². The normalized spacial score (nSPS) is 18.4. The monoisotopic (exact) mass is 304 g/mol. The predicted molar refractivity (Wildman–Crippen MR) is 85.8 cm³/mol. The molecule has 0 bridgehead atoms. The molecule has 0 unspecified atom stereocenters. The van der Waals surface area contributed by atoms with E-state index in [1.807, 2.05) is 13.0 Å². The van der Waals surface area contributed by atoms with Crippen LogP contribution in [0.5, 0.6) is 0 Å². The van der Waals surface area contributed by atoms with Gasteiger partial charge >= 0.3 is 0 Å². The van der Waals surface area contributed by atoms with Crippen molar-refractivity contribution < 1.29 is 4.39 Å². The predicted octanol–water partition coefficient (Wildman–Crippen LogP) is 4.77. The average molecular weight is 304 g/mol. The van der Waals surface area contributed by atoms with E-state index in [9.17, 15) is 4.39 Å². The van der Waals surface area contributed by atoms with Crippen molar-refractivity contribution in [3.63, 3.8) is 0 Å². The largest absolute Gasteiger partial charge is 0.319 e. The van der Waals surface area contributed by atoms with Crippen molar-refractivity contribution in [3.05, 3.63) is 40.0 Å². The molecule has 2 aromatic rings. The number of rotatable bonds is 2. The Morgan fingerprint density at radius 1 is 1.19 bits per heavy atom. The summed E-state index contributed by atoms with van der Waals surface area (Å²) in [5, 5.41) is 1.01. The summed E-state index contributed by atoms with van der Waals surface area (Å²) in [5.41, 5.74) is 8.07. The van der Waals surface area contributed by atoms with Crippen LogP contribution in [0.2, 0.25) is 0 Å². The summed E-state index contributed by atoms with van der Waals surface area (Å²) < 4.78 is 13.4. The Hall–Kier alpha value is -1.26. The van der Waals surface area contributed by atoms with E-state index in [-0.39, 0.29) is 11.4 Å². The van der Waals surface area contributed by atoms with Gasteiger partial charge < -0.3 is 5.73 Å². The van der Waals surface area contributed by atoms with Gasteiger partial charge in [0.2, 0.25) is 0 Å². The summed E-state index contributed by atoms with van der Waals surface area (Å²) >= 11 is 1.67. The number of halogens is 1. The van der Waals surface area contributed by atoms with Gasteiger partial charge in [-0.2, -0.15) is 0 Å². The average Bonchev–Trinajstić information content (AvgIpc) is 2.71. The first kappa shape index (κ1) is 14.7. The molecule has 0 saturated heterocycles. The summed E-state index contributed by atoms with van der Waals surface area (Å²) in [5.74, 6) is -0.224. The molecule has 112 valence electrons. The van der Waals surface area contributed by atoms with Crippen molar-refractivity contribution in [2.75, 3.05) is 0 Å². The van der Waals surface area contributed by atoms with E-state index in [1.165, 1.54) is 31.7 Å². The van der Waals surface area contributed by atoms with Gasteiger partial charge in [0.1, 0.15) is 10.8 Å². The number of aryl methyl sites for hydroxylation is 1. The number of nitrogens with zero attached hydrogens (tertiary/aromatic N) is 1. The van der Waals surface area contributed by atoms with Gasteiger partial charge in [0.15, 0.2) is 0 Å². The van der Waals surface area contributed by atoms with Crippen LogP contribution in [0.25, 0.3) is 11.3 Å². The molecule has 1 saturated carbocycles. The van der Waals surface area contributed by atoms with E-state index >= 15 is 0 Å². The molecule has 4 heteroatoms. The zero-order valence-electron chi connectivity index (χ0n) is 12.4. The van der Waals surface area contributed by atoms with Crippen LogP contribution in [0, 0.1) is 12.7 Å². The molecular formula is C17H21FN2S. The fraction of sp³-hybridized carbons (Fsp3) is 0.471. The maximum absolute atomic E-state index is 13.4. The highest BCUT2D eigenvalue weighted by molar-refractivity contribution is 7.12. The van der Waals surface area contributed by atoms with E-state index in [0.717, 1.165) is 34.0 Å².